The SMILES string of the molecule is C[C@@H](c1ccc(S(C)(=O)=O)cc1)N(C)C(=O)c1cc(=O)c2ccccc2o1. The summed E-state index contributed by atoms with van der Waals surface area (Å²) in [4.78, 5) is 26.7. The van der Waals surface area contributed by atoms with E-state index in [1.165, 1.54) is 23.1 Å². The molecule has 6 nitrogen and oxygen atoms in total. The van der Waals surface area contributed by atoms with Gasteiger partial charge >= 0.3 is 0 Å². The molecule has 3 rings (SSSR count). The van der Waals surface area contributed by atoms with Gasteiger partial charge in [-0.25, -0.2) is 8.42 Å². The van der Waals surface area contributed by atoms with Crippen LogP contribution in [-0.4, -0.2) is 32.5 Å². The molecule has 7 heteroatoms. The second-order valence-electron chi connectivity index (χ2n) is 6.40. The minimum Gasteiger partial charge on any atom is -0.451 e. The van der Waals surface area contributed by atoms with E-state index in [0.29, 0.717) is 11.0 Å². The van der Waals surface area contributed by atoms with Gasteiger partial charge in [-0.1, -0.05) is 24.3 Å². The molecule has 0 unspecified atom stereocenters. The first-order chi connectivity index (χ1) is 12.7. The number of sulfone groups is 1. The van der Waals surface area contributed by atoms with E-state index in [0.717, 1.165) is 11.8 Å². The third kappa shape index (κ3) is 3.78. The van der Waals surface area contributed by atoms with Crippen molar-refractivity contribution in [2.75, 3.05) is 13.3 Å². The summed E-state index contributed by atoms with van der Waals surface area (Å²) in [7, 11) is -1.68. The quantitative estimate of drug-likeness (QED) is 0.689. The summed E-state index contributed by atoms with van der Waals surface area (Å²) in [5.41, 5.74) is 0.840. The molecule has 0 aliphatic rings. The normalized spacial score (nSPS) is 12.7. The number of amides is 1. The molecule has 1 aromatic heterocycles. The highest BCUT2D eigenvalue weighted by Crippen LogP contribution is 2.23. The summed E-state index contributed by atoms with van der Waals surface area (Å²) >= 11 is 0. The molecule has 140 valence electrons. The van der Waals surface area contributed by atoms with E-state index in [9.17, 15) is 18.0 Å². The zero-order valence-corrected chi connectivity index (χ0v) is 16.0. The van der Waals surface area contributed by atoms with Crippen LogP contribution in [0.4, 0.5) is 0 Å². The van der Waals surface area contributed by atoms with Crippen molar-refractivity contribution in [3.05, 3.63) is 76.1 Å². The highest BCUT2D eigenvalue weighted by Gasteiger charge is 2.22. The average molecular weight is 385 g/mol. The Morgan fingerprint density at radius 1 is 1.07 bits per heavy atom. The van der Waals surface area contributed by atoms with Gasteiger partial charge in [-0.2, -0.15) is 0 Å². The number of hydrogen-bond donors (Lipinski definition) is 0. The molecule has 0 bridgehead atoms. The smallest absolute Gasteiger partial charge is 0.289 e. The van der Waals surface area contributed by atoms with Gasteiger partial charge in [-0.3, -0.25) is 9.59 Å². The van der Waals surface area contributed by atoms with E-state index in [-0.39, 0.29) is 22.1 Å². The Morgan fingerprint density at radius 2 is 1.70 bits per heavy atom. The fraction of sp³-hybridized carbons (Fsp3) is 0.200. The van der Waals surface area contributed by atoms with Gasteiger partial charge in [-0.15, -0.1) is 0 Å². The Balaban J connectivity index is 1.90. The van der Waals surface area contributed by atoms with E-state index in [1.54, 1.807) is 43.4 Å². The topological polar surface area (TPSA) is 84.7 Å². The maximum Gasteiger partial charge on any atom is 0.289 e. The van der Waals surface area contributed by atoms with Crippen LogP contribution in [0.1, 0.15) is 29.1 Å². The summed E-state index contributed by atoms with van der Waals surface area (Å²) in [6, 6.07) is 14.0. The predicted octanol–water partition coefficient (Wildman–Crippen LogP) is 3.03. The van der Waals surface area contributed by atoms with Gasteiger partial charge < -0.3 is 9.32 Å². The fourth-order valence-corrected chi connectivity index (χ4v) is 3.41. The number of rotatable bonds is 4. The molecule has 0 fully saturated rings. The fourth-order valence-electron chi connectivity index (χ4n) is 2.78. The van der Waals surface area contributed by atoms with Gasteiger partial charge in [0.2, 0.25) is 0 Å². The van der Waals surface area contributed by atoms with Crippen LogP contribution in [0.15, 0.2) is 68.7 Å². The van der Waals surface area contributed by atoms with Crippen molar-refractivity contribution in [1.29, 1.82) is 0 Å². The van der Waals surface area contributed by atoms with Gasteiger partial charge in [0.1, 0.15) is 5.58 Å². The Kier molecular flexibility index (Phi) is 4.89. The highest BCUT2D eigenvalue weighted by atomic mass is 32.2. The molecule has 1 atom stereocenters. The summed E-state index contributed by atoms with van der Waals surface area (Å²) in [5.74, 6) is -0.474. The molecule has 2 aromatic carbocycles. The summed E-state index contributed by atoms with van der Waals surface area (Å²) in [6.45, 7) is 1.81. The number of carbonyl (C=O) groups is 1. The maximum absolute atomic E-state index is 12.8. The number of nitrogens with zero attached hydrogens (tertiary/aromatic N) is 1. The van der Waals surface area contributed by atoms with Gasteiger partial charge in [0, 0.05) is 19.4 Å². The standard InChI is InChI=1S/C20H19NO5S/c1-13(14-8-10-15(11-9-14)27(3,24)25)21(2)20(23)19-12-17(22)16-6-4-5-7-18(16)26-19/h4-13H,1-3H3/t13-/m0/s1. The molecule has 0 aliphatic carbocycles. The summed E-state index contributed by atoms with van der Waals surface area (Å²) < 4.78 is 28.8. The summed E-state index contributed by atoms with van der Waals surface area (Å²) in [6.07, 6.45) is 1.14. The molecular formula is C20H19NO5S. The van der Waals surface area contributed by atoms with Crippen molar-refractivity contribution >= 4 is 26.7 Å². The van der Waals surface area contributed by atoms with Gasteiger partial charge in [0.15, 0.2) is 21.0 Å². The highest BCUT2D eigenvalue weighted by molar-refractivity contribution is 7.90. The number of benzene rings is 2. The van der Waals surface area contributed by atoms with Crippen molar-refractivity contribution in [3.8, 4) is 0 Å². The molecule has 0 aliphatic heterocycles. The van der Waals surface area contributed by atoms with Gasteiger partial charge in [0.25, 0.3) is 5.91 Å². The Hall–Kier alpha value is -2.93. The van der Waals surface area contributed by atoms with Crippen molar-refractivity contribution in [2.45, 2.75) is 17.9 Å². The van der Waals surface area contributed by atoms with Crippen molar-refractivity contribution in [3.63, 3.8) is 0 Å². The number of hydrogen-bond acceptors (Lipinski definition) is 5. The first-order valence-corrected chi connectivity index (χ1v) is 10.2. The Bertz CT molecular complexity index is 1160. The molecule has 3 aromatic rings. The first kappa shape index (κ1) is 18.8. The lowest BCUT2D eigenvalue weighted by molar-refractivity contribution is 0.0711. The minimum atomic E-state index is -3.28. The van der Waals surface area contributed by atoms with Gasteiger partial charge in [0.05, 0.1) is 16.3 Å². The van der Waals surface area contributed by atoms with Crippen molar-refractivity contribution < 1.29 is 17.6 Å². The van der Waals surface area contributed by atoms with Crippen molar-refractivity contribution in [1.82, 2.24) is 4.90 Å². The molecule has 0 N–H and O–H groups in total. The van der Waals surface area contributed by atoms with Crippen molar-refractivity contribution in [2.24, 2.45) is 0 Å². The molecule has 0 saturated carbocycles. The van der Waals surface area contributed by atoms with E-state index in [4.69, 9.17) is 4.42 Å². The Morgan fingerprint density at radius 3 is 2.33 bits per heavy atom. The lowest BCUT2D eigenvalue weighted by Crippen LogP contribution is -2.30. The minimum absolute atomic E-state index is 0.0409. The van der Waals surface area contributed by atoms with Crippen LogP contribution in [0.3, 0.4) is 0 Å². The molecular weight excluding hydrogens is 366 g/mol. The maximum atomic E-state index is 12.8. The lowest BCUT2D eigenvalue weighted by atomic mass is 10.1. The number of carbonyl (C=O) groups excluding carboxylic acids is 1. The van der Waals surface area contributed by atoms with Crippen LogP contribution in [0.25, 0.3) is 11.0 Å². The lowest BCUT2D eigenvalue weighted by Gasteiger charge is -2.25. The number of para-hydroxylation sites is 1. The second kappa shape index (κ2) is 7.00. The van der Waals surface area contributed by atoms with Crippen LogP contribution in [0.5, 0.6) is 0 Å². The largest absolute Gasteiger partial charge is 0.451 e. The van der Waals surface area contributed by atoms with E-state index in [2.05, 4.69) is 0 Å². The monoisotopic (exact) mass is 385 g/mol. The second-order valence-corrected chi connectivity index (χ2v) is 8.42. The van der Waals surface area contributed by atoms with Crippen LogP contribution >= 0.6 is 0 Å². The average Bonchev–Trinajstić information content (AvgIpc) is 2.65. The molecule has 0 radical (unpaired) electrons. The molecule has 0 spiro atoms. The molecule has 0 saturated heterocycles. The Labute approximate surface area is 157 Å². The third-order valence-electron chi connectivity index (χ3n) is 4.54. The van der Waals surface area contributed by atoms with E-state index < -0.39 is 15.7 Å². The first-order valence-electron chi connectivity index (χ1n) is 8.28. The molecule has 1 heterocycles. The summed E-state index contributed by atoms with van der Waals surface area (Å²) in [5, 5.41) is 0.418. The zero-order chi connectivity index (χ0) is 19.8. The van der Waals surface area contributed by atoms with Crippen LogP contribution in [-0.2, 0) is 9.84 Å². The molecule has 1 amide bonds. The molecule has 27 heavy (non-hydrogen) atoms. The van der Waals surface area contributed by atoms with Gasteiger partial charge in [-0.05, 0) is 36.8 Å². The van der Waals surface area contributed by atoms with Crippen LogP contribution < -0.4 is 5.43 Å². The predicted molar refractivity (Wildman–Crippen MR) is 103 cm³/mol. The zero-order valence-electron chi connectivity index (χ0n) is 15.2. The van der Waals surface area contributed by atoms with Crippen LogP contribution in [0, 0.1) is 0 Å². The van der Waals surface area contributed by atoms with Crippen LogP contribution in [0.2, 0.25) is 0 Å². The third-order valence-corrected chi connectivity index (χ3v) is 5.67. The van der Waals surface area contributed by atoms with E-state index in [1.807, 2.05) is 6.92 Å². The van der Waals surface area contributed by atoms with E-state index >= 15 is 0 Å². The number of fused-ring (bicyclic) bond motifs is 1.